The number of hydrogen-bond donors (Lipinski definition) is 1. The van der Waals surface area contributed by atoms with Crippen LogP contribution < -0.4 is 0 Å². The van der Waals surface area contributed by atoms with Crippen LogP contribution in [0.5, 0.6) is 0 Å². The van der Waals surface area contributed by atoms with Gasteiger partial charge in [0.05, 0.1) is 6.54 Å². The lowest BCUT2D eigenvalue weighted by atomic mass is 10.3. The SMILES string of the molecule is O=C(O)c1cc(CN2CCN(C3CC3)CC2)on1. The first-order valence-corrected chi connectivity index (χ1v) is 6.37. The predicted molar refractivity (Wildman–Crippen MR) is 63.3 cm³/mol. The molecule has 1 aromatic heterocycles. The van der Waals surface area contributed by atoms with Crippen molar-refractivity contribution >= 4 is 5.97 Å². The lowest BCUT2D eigenvalue weighted by Crippen LogP contribution is -2.46. The maximum atomic E-state index is 10.7. The molecule has 0 bridgehead atoms. The zero-order chi connectivity index (χ0) is 12.5. The number of carboxylic acid groups (broad SMARTS) is 1. The molecule has 6 heteroatoms. The van der Waals surface area contributed by atoms with Crippen LogP contribution in [-0.4, -0.2) is 58.3 Å². The largest absolute Gasteiger partial charge is 0.476 e. The Balaban J connectivity index is 1.52. The van der Waals surface area contributed by atoms with Crippen LogP contribution in [0, 0.1) is 0 Å². The number of aromatic nitrogens is 1. The molecule has 0 radical (unpaired) electrons. The summed E-state index contributed by atoms with van der Waals surface area (Å²) in [5.41, 5.74) is -0.0124. The highest BCUT2D eigenvalue weighted by atomic mass is 16.5. The molecule has 2 aliphatic rings. The lowest BCUT2D eigenvalue weighted by Gasteiger charge is -2.34. The third kappa shape index (κ3) is 2.54. The maximum Gasteiger partial charge on any atom is 0.358 e. The monoisotopic (exact) mass is 251 g/mol. The van der Waals surface area contributed by atoms with Crippen molar-refractivity contribution in [1.29, 1.82) is 0 Å². The highest BCUT2D eigenvalue weighted by molar-refractivity contribution is 5.85. The fraction of sp³-hybridized carbons (Fsp3) is 0.667. The molecule has 0 amide bonds. The average molecular weight is 251 g/mol. The number of nitrogens with zero attached hydrogens (tertiary/aromatic N) is 3. The summed E-state index contributed by atoms with van der Waals surface area (Å²) in [6.07, 6.45) is 2.70. The van der Waals surface area contributed by atoms with E-state index in [0.29, 0.717) is 12.3 Å². The molecule has 0 atom stereocenters. The van der Waals surface area contributed by atoms with E-state index in [0.717, 1.165) is 32.2 Å². The number of aromatic carboxylic acids is 1. The number of rotatable bonds is 4. The van der Waals surface area contributed by atoms with Gasteiger partial charge in [0, 0.05) is 38.3 Å². The van der Waals surface area contributed by atoms with E-state index < -0.39 is 5.97 Å². The lowest BCUT2D eigenvalue weighted by molar-refractivity contribution is 0.0685. The first kappa shape index (κ1) is 11.7. The summed E-state index contributed by atoms with van der Waals surface area (Å²) in [5.74, 6) is -0.407. The molecule has 1 aromatic rings. The van der Waals surface area contributed by atoms with Gasteiger partial charge in [-0.3, -0.25) is 9.80 Å². The number of carbonyl (C=O) groups is 1. The van der Waals surface area contributed by atoms with Crippen LogP contribution in [0.1, 0.15) is 29.1 Å². The second kappa shape index (κ2) is 4.70. The molecule has 6 nitrogen and oxygen atoms in total. The molecular weight excluding hydrogens is 234 g/mol. The van der Waals surface area contributed by atoms with Crippen LogP contribution in [0.2, 0.25) is 0 Å². The van der Waals surface area contributed by atoms with Crippen molar-refractivity contribution in [3.8, 4) is 0 Å². The van der Waals surface area contributed by atoms with E-state index >= 15 is 0 Å². The van der Waals surface area contributed by atoms with Crippen molar-refractivity contribution in [2.75, 3.05) is 26.2 Å². The highest BCUT2D eigenvalue weighted by Gasteiger charge is 2.31. The Labute approximate surface area is 105 Å². The van der Waals surface area contributed by atoms with Crippen molar-refractivity contribution in [3.05, 3.63) is 17.5 Å². The predicted octanol–water partition coefficient (Wildman–Crippen LogP) is 0.653. The van der Waals surface area contributed by atoms with Gasteiger partial charge in [-0.2, -0.15) is 0 Å². The molecule has 98 valence electrons. The molecule has 2 fully saturated rings. The minimum Gasteiger partial charge on any atom is -0.476 e. The van der Waals surface area contributed by atoms with E-state index in [1.165, 1.54) is 18.9 Å². The van der Waals surface area contributed by atoms with E-state index in [4.69, 9.17) is 9.63 Å². The second-order valence-electron chi connectivity index (χ2n) is 5.03. The summed E-state index contributed by atoms with van der Waals surface area (Å²) in [6, 6.07) is 2.34. The van der Waals surface area contributed by atoms with Crippen LogP contribution in [0.15, 0.2) is 10.6 Å². The molecular formula is C12H17N3O3. The van der Waals surface area contributed by atoms with Crippen molar-refractivity contribution < 1.29 is 14.4 Å². The molecule has 0 spiro atoms. The van der Waals surface area contributed by atoms with Gasteiger partial charge in [0.2, 0.25) is 0 Å². The van der Waals surface area contributed by atoms with Gasteiger partial charge in [0.25, 0.3) is 0 Å². The summed E-state index contributed by atoms with van der Waals surface area (Å²) in [4.78, 5) is 15.5. The van der Waals surface area contributed by atoms with Crippen LogP contribution in [-0.2, 0) is 6.54 Å². The van der Waals surface area contributed by atoms with Gasteiger partial charge in [-0.25, -0.2) is 4.79 Å². The topological polar surface area (TPSA) is 69.8 Å². The first-order chi connectivity index (χ1) is 8.72. The number of piperazine rings is 1. The summed E-state index contributed by atoms with van der Waals surface area (Å²) in [6.45, 7) is 4.88. The molecule has 0 unspecified atom stereocenters. The molecule has 1 saturated carbocycles. The minimum atomic E-state index is -1.04. The van der Waals surface area contributed by atoms with Crippen molar-refractivity contribution in [1.82, 2.24) is 15.0 Å². The maximum absolute atomic E-state index is 10.7. The summed E-state index contributed by atoms with van der Waals surface area (Å²) >= 11 is 0. The smallest absolute Gasteiger partial charge is 0.358 e. The fourth-order valence-electron chi connectivity index (χ4n) is 2.43. The van der Waals surface area contributed by atoms with Gasteiger partial charge in [-0.1, -0.05) is 5.16 Å². The Kier molecular flexibility index (Phi) is 3.05. The molecule has 3 rings (SSSR count). The first-order valence-electron chi connectivity index (χ1n) is 6.37. The Hall–Kier alpha value is -1.40. The molecule has 2 heterocycles. The van der Waals surface area contributed by atoms with E-state index in [-0.39, 0.29) is 5.69 Å². The van der Waals surface area contributed by atoms with Gasteiger partial charge in [0.15, 0.2) is 11.5 Å². The molecule has 18 heavy (non-hydrogen) atoms. The zero-order valence-corrected chi connectivity index (χ0v) is 10.2. The van der Waals surface area contributed by atoms with Crippen LogP contribution in [0.3, 0.4) is 0 Å². The van der Waals surface area contributed by atoms with Gasteiger partial charge in [-0.05, 0) is 12.8 Å². The van der Waals surface area contributed by atoms with Crippen LogP contribution >= 0.6 is 0 Å². The standard InChI is InChI=1S/C12H17N3O3/c16-12(17)11-7-10(18-13-11)8-14-3-5-15(6-4-14)9-1-2-9/h7,9H,1-6,8H2,(H,16,17). The second-order valence-corrected chi connectivity index (χ2v) is 5.03. The van der Waals surface area contributed by atoms with Crippen LogP contribution in [0.25, 0.3) is 0 Å². The molecule has 1 aliphatic carbocycles. The Morgan fingerprint density at radius 1 is 1.39 bits per heavy atom. The summed E-state index contributed by atoms with van der Waals surface area (Å²) < 4.78 is 5.03. The normalized spacial score (nSPS) is 22.2. The van der Waals surface area contributed by atoms with Gasteiger partial charge < -0.3 is 9.63 Å². The Morgan fingerprint density at radius 2 is 2.11 bits per heavy atom. The quantitative estimate of drug-likeness (QED) is 0.847. The highest BCUT2D eigenvalue weighted by Crippen LogP contribution is 2.27. The van der Waals surface area contributed by atoms with Gasteiger partial charge in [-0.15, -0.1) is 0 Å². The fourth-order valence-corrected chi connectivity index (χ4v) is 2.43. The van der Waals surface area contributed by atoms with Gasteiger partial charge >= 0.3 is 5.97 Å². The minimum absolute atomic E-state index is 0.0124. The summed E-state index contributed by atoms with van der Waals surface area (Å²) in [7, 11) is 0. The van der Waals surface area contributed by atoms with Crippen LogP contribution in [0.4, 0.5) is 0 Å². The zero-order valence-electron chi connectivity index (χ0n) is 10.2. The summed E-state index contributed by atoms with van der Waals surface area (Å²) in [5, 5.41) is 12.3. The van der Waals surface area contributed by atoms with E-state index in [9.17, 15) is 4.79 Å². The molecule has 1 N–H and O–H groups in total. The van der Waals surface area contributed by atoms with Crippen molar-refractivity contribution in [2.45, 2.75) is 25.4 Å². The Bertz CT molecular complexity index is 434. The number of carboxylic acids is 1. The third-order valence-corrected chi connectivity index (χ3v) is 3.63. The van der Waals surface area contributed by atoms with E-state index in [1.54, 1.807) is 0 Å². The van der Waals surface area contributed by atoms with Crippen molar-refractivity contribution in [2.24, 2.45) is 0 Å². The average Bonchev–Trinajstić information content (AvgIpc) is 3.10. The van der Waals surface area contributed by atoms with Crippen molar-refractivity contribution in [3.63, 3.8) is 0 Å². The van der Waals surface area contributed by atoms with Gasteiger partial charge in [0.1, 0.15) is 0 Å². The van der Waals surface area contributed by atoms with E-state index in [1.807, 2.05) is 0 Å². The molecule has 1 saturated heterocycles. The third-order valence-electron chi connectivity index (χ3n) is 3.63. The Morgan fingerprint density at radius 3 is 2.67 bits per heavy atom. The molecule has 1 aliphatic heterocycles. The van der Waals surface area contributed by atoms with E-state index in [2.05, 4.69) is 15.0 Å². The molecule has 0 aromatic carbocycles. The number of hydrogen-bond acceptors (Lipinski definition) is 5.